The quantitative estimate of drug-likeness (QED) is 0.349. The van der Waals surface area contributed by atoms with Gasteiger partial charge in [-0.25, -0.2) is 0 Å². The Hall–Kier alpha value is -4.27. The average Bonchev–Trinajstić information content (AvgIpc) is 2.90. The van der Waals surface area contributed by atoms with Crippen LogP contribution in [0.1, 0.15) is 27.5 Å². The first kappa shape index (κ1) is 23.9. The van der Waals surface area contributed by atoms with E-state index in [0.717, 1.165) is 11.1 Å². The summed E-state index contributed by atoms with van der Waals surface area (Å²) in [6.45, 7) is 0.628. The molecule has 0 saturated heterocycles. The fourth-order valence-electron chi connectivity index (χ4n) is 4.21. The Kier molecular flexibility index (Phi) is 7.05. The van der Waals surface area contributed by atoms with E-state index in [1.54, 1.807) is 62.6 Å². The minimum absolute atomic E-state index is 0.0213. The van der Waals surface area contributed by atoms with Crippen molar-refractivity contribution < 1.29 is 28.7 Å². The highest BCUT2D eigenvalue weighted by Crippen LogP contribution is 2.39. The fourth-order valence-corrected chi connectivity index (χ4v) is 4.21. The second-order valence-corrected chi connectivity index (χ2v) is 7.96. The molecule has 0 bridgehead atoms. The minimum Gasteiger partial charge on any atom is -0.497 e. The SMILES string of the molecule is COc1cccc(C(=O)N2CCc3cc(OC)c(OC)cc3[C@H]2COc2ccc([N+](=O)[O-])cc2)c1. The topological polar surface area (TPSA) is 100 Å². The molecule has 1 aliphatic rings. The van der Waals surface area contributed by atoms with Gasteiger partial charge >= 0.3 is 0 Å². The highest BCUT2D eigenvalue weighted by atomic mass is 16.6. The predicted octanol–water partition coefficient (Wildman–Crippen LogP) is 4.44. The molecule has 1 heterocycles. The van der Waals surface area contributed by atoms with Gasteiger partial charge in [-0.2, -0.15) is 0 Å². The Morgan fingerprint density at radius 2 is 1.69 bits per heavy atom. The van der Waals surface area contributed by atoms with E-state index in [2.05, 4.69) is 0 Å². The van der Waals surface area contributed by atoms with Crippen molar-refractivity contribution in [3.05, 3.63) is 87.5 Å². The van der Waals surface area contributed by atoms with E-state index < -0.39 is 11.0 Å². The lowest BCUT2D eigenvalue weighted by Gasteiger charge is -2.37. The van der Waals surface area contributed by atoms with E-state index >= 15 is 0 Å². The number of amides is 1. The van der Waals surface area contributed by atoms with Crippen LogP contribution < -0.4 is 18.9 Å². The predicted molar refractivity (Wildman–Crippen MR) is 129 cm³/mol. The van der Waals surface area contributed by atoms with Crippen LogP contribution in [0, 0.1) is 10.1 Å². The zero-order chi connectivity index (χ0) is 24.9. The highest BCUT2D eigenvalue weighted by molar-refractivity contribution is 5.95. The van der Waals surface area contributed by atoms with Gasteiger partial charge < -0.3 is 23.8 Å². The van der Waals surface area contributed by atoms with E-state index in [4.69, 9.17) is 18.9 Å². The molecule has 0 radical (unpaired) electrons. The zero-order valence-corrected chi connectivity index (χ0v) is 19.7. The van der Waals surface area contributed by atoms with Crippen LogP contribution in [-0.2, 0) is 6.42 Å². The summed E-state index contributed by atoms with van der Waals surface area (Å²) in [7, 11) is 4.71. The van der Waals surface area contributed by atoms with Crippen LogP contribution in [0.4, 0.5) is 5.69 Å². The van der Waals surface area contributed by atoms with Crippen molar-refractivity contribution in [1.82, 2.24) is 4.90 Å². The molecule has 0 aliphatic carbocycles. The normalized spacial score (nSPS) is 14.6. The van der Waals surface area contributed by atoms with Crippen LogP contribution >= 0.6 is 0 Å². The molecule has 0 N–H and O–H groups in total. The molecule has 0 saturated carbocycles. The van der Waals surface area contributed by atoms with Gasteiger partial charge in [-0.3, -0.25) is 14.9 Å². The maximum absolute atomic E-state index is 13.6. The number of hydrogen-bond donors (Lipinski definition) is 0. The Labute approximate surface area is 202 Å². The molecule has 4 rings (SSSR count). The third-order valence-electron chi connectivity index (χ3n) is 6.04. The molecule has 1 amide bonds. The van der Waals surface area contributed by atoms with Crippen molar-refractivity contribution in [1.29, 1.82) is 0 Å². The maximum atomic E-state index is 13.6. The zero-order valence-electron chi connectivity index (χ0n) is 19.7. The van der Waals surface area contributed by atoms with Crippen molar-refractivity contribution in [2.45, 2.75) is 12.5 Å². The lowest BCUT2D eigenvalue weighted by atomic mass is 9.91. The first-order chi connectivity index (χ1) is 16.9. The number of carbonyl (C=O) groups excluding carboxylic acids is 1. The average molecular weight is 479 g/mol. The van der Waals surface area contributed by atoms with Crippen LogP contribution in [0.15, 0.2) is 60.7 Å². The van der Waals surface area contributed by atoms with Gasteiger partial charge in [0.2, 0.25) is 0 Å². The van der Waals surface area contributed by atoms with Gasteiger partial charge in [-0.15, -0.1) is 0 Å². The van der Waals surface area contributed by atoms with Gasteiger partial charge in [0.25, 0.3) is 11.6 Å². The van der Waals surface area contributed by atoms with Crippen LogP contribution in [0.3, 0.4) is 0 Å². The summed E-state index contributed by atoms with van der Waals surface area (Å²) in [5.41, 5.74) is 2.42. The minimum atomic E-state index is -0.463. The lowest BCUT2D eigenvalue weighted by molar-refractivity contribution is -0.384. The van der Waals surface area contributed by atoms with Gasteiger partial charge in [0.15, 0.2) is 11.5 Å². The van der Waals surface area contributed by atoms with E-state index in [-0.39, 0.29) is 18.2 Å². The molecule has 3 aromatic rings. The summed E-state index contributed by atoms with van der Waals surface area (Å²) in [4.78, 5) is 25.8. The summed E-state index contributed by atoms with van der Waals surface area (Å²) in [5.74, 6) is 2.09. The number of rotatable bonds is 8. The molecule has 182 valence electrons. The number of ether oxygens (including phenoxy) is 4. The molecule has 0 aromatic heterocycles. The summed E-state index contributed by atoms with van der Waals surface area (Å²) >= 11 is 0. The Morgan fingerprint density at radius 3 is 2.34 bits per heavy atom. The second kappa shape index (κ2) is 10.3. The van der Waals surface area contributed by atoms with Crippen molar-refractivity contribution in [2.75, 3.05) is 34.5 Å². The molecule has 0 spiro atoms. The summed E-state index contributed by atoms with van der Waals surface area (Å²) < 4.78 is 22.3. The first-order valence-corrected chi connectivity index (χ1v) is 11.0. The number of methoxy groups -OCH3 is 3. The van der Waals surface area contributed by atoms with Crippen molar-refractivity contribution >= 4 is 11.6 Å². The number of nitro benzene ring substituents is 1. The van der Waals surface area contributed by atoms with E-state index in [1.807, 2.05) is 12.1 Å². The maximum Gasteiger partial charge on any atom is 0.269 e. The standard InChI is InChI=1S/C26H26N2O7/c1-32-21-6-4-5-18(13-21)26(29)27-12-11-17-14-24(33-2)25(34-3)15-22(17)23(27)16-35-20-9-7-19(8-10-20)28(30)31/h4-10,13-15,23H,11-12,16H2,1-3H3/t23-/m1/s1. The highest BCUT2D eigenvalue weighted by Gasteiger charge is 2.33. The summed E-state index contributed by atoms with van der Waals surface area (Å²) in [6.07, 6.45) is 0.638. The van der Waals surface area contributed by atoms with Crippen LogP contribution in [0.5, 0.6) is 23.0 Å². The van der Waals surface area contributed by atoms with E-state index in [1.165, 1.54) is 12.1 Å². The number of nitro groups is 1. The van der Waals surface area contributed by atoms with Gasteiger partial charge in [-0.05, 0) is 60.0 Å². The lowest BCUT2D eigenvalue weighted by Crippen LogP contribution is -2.42. The fraction of sp³-hybridized carbons (Fsp3) is 0.269. The monoisotopic (exact) mass is 478 g/mol. The third kappa shape index (κ3) is 4.98. The van der Waals surface area contributed by atoms with Gasteiger partial charge in [0.05, 0.1) is 32.3 Å². The Morgan fingerprint density at radius 1 is 0.971 bits per heavy atom. The molecule has 9 nitrogen and oxygen atoms in total. The van der Waals surface area contributed by atoms with Crippen molar-refractivity contribution in [2.24, 2.45) is 0 Å². The number of nitrogens with zero attached hydrogens (tertiary/aromatic N) is 2. The Balaban J connectivity index is 1.68. The molecule has 9 heteroatoms. The third-order valence-corrected chi connectivity index (χ3v) is 6.04. The number of benzene rings is 3. The number of fused-ring (bicyclic) bond motifs is 1. The summed E-state index contributed by atoms with van der Waals surface area (Å²) in [6, 6.07) is 16.3. The first-order valence-electron chi connectivity index (χ1n) is 11.0. The molecule has 1 aliphatic heterocycles. The molecule has 0 unspecified atom stereocenters. The molecular weight excluding hydrogens is 452 g/mol. The molecule has 3 aromatic carbocycles. The molecule has 35 heavy (non-hydrogen) atoms. The molecular formula is C26H26N2O7. The van der Waals surface area contributed by atoms with E-state index in [0.29, 0.717) is 41.5 Å². The largest absolute Gasteiger partial charge is 0.497 e. The Bertz CT molecular complexity index is 1230. The van der Waals surface area contributed by atoms with Crippen LogP contribution in [0.2, 0.25) is 0 Å². The van der Waals surface area contributed by atoms with Crippen molar-refractivity contribution in [3.63, 3.8) is 0 Å². The van der Waals surface area contributed by atoms with Crippen LogP contribution in [-0.4, -0.2) is 50.2 Å². The second-order valence-electron chi connectivity index (χ2n) is 7.96. The van der Waals surface area contributed by atoms with E-state index in [9.17, 15) is 14.9 Å². The summed E-state index contributed by atoms with van der Waals surface area (Å²) in [5, 5.41) is 11.0. The van der Waals surface area contributed by atoms with Crippen molar-refractivity contribution in [3.8, 4) is 23.0 Å². The molecule has 0 fully saturated rings. The van der Waals surface area contributed by atoms with Crippen LogP contribution in [0.25, 0.3) is 0 Å². The van der Waals surface area contributed by atoms with Gasteiger partial charge in [-0.1, -0.05) is 6.07 Å². The van der Waals surface area contributed by atoms with Gasteiger partial charge in [0, 0.05) is 24.2 Å². The molecule has 1 atom stereocenters. The smallest absolute Gasteiger partial charge is 0.269 e. The van der Waals surface area contributed by atoms with Gasteiger partial charge in [0.1, 0.15) is 18.1 Å². The number of hydrogen-bond acceptors (Lipinski definition) is 7. The number of carbonyl (C=O) groups is 1. The number of non-ortho nitro benzene ring substituents is 1.